The van der Waals surface area contributed by atoms with Crippen LogP contribution < -0.4 is 5.69 Å². The van der Waals surface area contributed by atoms with Crippen molar-refractivity contribution in [3.63, 3.8) is 0 Å². The lowest BCUT2D eigenvalue weighted by Gasteiger charge is -2.18. The molecule has 3 nitrogen and oxygen atoms in total. The van der Waals surface area contributed by atoms with E-state index >= 15 is 0 Å². The molecule has 3 aromatic rings. The van der Waals surface area contributed by atoms with E-state index in [4.69, 9.17) is 11.6 Å². The maximum Gasteiger partial charge on any atom is 0.348 e. The molecule has 1 saturated carbocycles. The van der Waals surface area contributed by atoms with E-state index < -0.39 is 0 Å². The lowest BCUT2D eigenvalue weighted by molar-refractivity contribution is 0.479. The fourth-order valence-corrected chi connectivity index (χ4v) is 3.39. The quantitative estimate of drug-likeness (QED) is 0.700. The maximum atomic E-state index is 12.7. The fourth-order valence-electron chi connectivity index (χ4n) is 3.22. The van der Waals surface area contributed by atoms with Crippen LogP contribution >= 0.6 is 11.6 Å². The van der Waals surface area contributed by atoms with Crippen LogP contribution in [0.3, 0.4) is 0 Å². The van der Waals surface area contributed by atoms with E-state index in [1.807, 2.05) is 53.1 Å². The van der Waals surface area contributed by atoms with Gasteiger partial charge in [0.2, 0.25) is 0 Å². The molecule has 1 aromatic heterocycles. The summed E-state index contributed by atoms with van der Waals surface area (Å²) in [5.74, 6) is 0.580. The zero-order valence-electron chi connectivity index (χ0n) is 12.9. The summed E-state index contributed by atoms with van der Waals surface area (Å²) in [6.45, 7) is 2.11. The molecule has 4 rings (SSSR count). The molecule has 1 atom stereocenters. The first kappa shape index (κ1) is 14.5. The Kier molecular flexibility index (Phi) is 3.46. The van der Waals surface area contributed by atoms with Crippen molar-refractivity contribution in [1.29, 1.82) is 0 Å². The predicted octanol–water partition coefficient (Wildman–Crippen LogP) is 4.69. The van der Waals surface area contributed by atoms with E-state index in [0.29, 0.717) is 16.6 Å². The molecule has 1 unspecified atom stereocenters. The van der Waals surface area contributed by atoms with Gasteiger partial charge in [-0.2, -0.15) is 4.98 Å². The Labute approximate surface area is 139 Å². The van der Waals surface area contributed by atoms with Gasteiger partial charge in [0, 0.05) is 22.0 Å². The molecule has 23 heavy (non-hydrogen) atoms. The summed E-state index contributed by atoms with van der Waals surface area (Å²) < 4.78 is 1.83. The van der Waals surface area contributed by atoms with Gasteiger partial charge in [0.05, 0.1) is 11.2 Å². The normalized spacial score (nSPS) is 15.7. The number of hydrogen-bond donors (Lipinski definition) is 0. The third kappa shape index (κ3) is 2.55. The number of hydrogen-bond acceptors (Lipinski definition) is 2. The molecule has 1 fully saturated rings. The molecule has 2 aromatic carbocycles. The minimum Gasteiger partial charge on any atom is -0.289 e. The van der Waals surface area contributed by atoms with Crippen molar-refractivity contribution in [3.8, 4) is 11.3 Å². The molecule has 0 saturated heterocycles. The Balaban J connectivity index is 2.04. The Bertz CT molecular complexity index is 929. The zero-order valence-corrected chi connectivity index (χ0v) is 13.6. The smallest absolute Gasteiger partial charge is 0.289 e. The number of aromatic nitrogens is 2. The van der Waals surface area contributed by atoms with Crippen LogP contribution in [0.4, 0.5) is 0 Å². The Morgan fingerprint density at radius 1 is 1.17 bits per heavy atom. The van der Waals surface area contributed by atoms with Crippen LogP contribution in [0.1, 0.15) is 25.8 Å². The lowest BCUT2D eigenvalue weighted by atomic mass is 10.1. The third-order valence-electron chi connectivity index (χ3n) is 4.65. The van der Waals surface area contributed by atoms with E-state index in [0.717, 1.165) is 16.5 Å². The van der Waals surface area contributed by atoms with E-state index in [1.165, 1.54) is 12.8 Å². The second-order valence-electron chi connectivity index (χ2n) is 6.22. The number of halogens is 1. The van der Waals surface area contributed by atoms with Gasteiger partial charge in [0.1, 0.15) is 0 Å². The molecule has 116 valence electrons. The van der Waals surface area contributed by atoms with Crippen LogP contribution in [0.15, 0.2) is 53.3 Å². The Morgan fingerprint density at radius 2 is 1.91 bits per heavy atom. The number of nitrogens with zero attached hydrogens (tertiary/aromatic N) is 2. The Hall–Kier alpha value is -2.13. The van der Waals surface area contributed by atoms with Crippen molar-refractivity contribution in [2.75, 3.05) is 0 Å². The minimum absolute atomic E-state index is 0.170. The largest absolute Gasteiger partial charge is 0.348 e. The first-order valence-corrected chi connectivity index (χ1v) is 8.30. The van der Waals surface area contributed by atoms with Gasteiger partial charge >= 0.3 is 5.69 Å². The van der Waals surface area contributed by atoms with Gasteiger partial charge < -0.3 is 0 Å². The third-order valence-corrected chi connectivity index (χ3v) is 4.88. The molecule has 0 bridgehead atoms. The summed E-state index contributed by atoms with van der Waals surface area (Å²) >= 11 is 6.21. The number of rotatable bonds is 3. The van der Waals surface area contributed by atoms with E-state index in [1.54, 1.807) is 0 Å². The second kappa shape index (κ2) is 5.50. The van der Waals surface area contributed by atoms with Crippen LogP contribution in [-0.2, 0) is 0 Å². The van der Waals surface area contributed by atoms with Crippen molar-refractivity contribution in [1.82, 2.24) is 9.55 Å². The predicted molar refractivity (Wildman–Crippen MR) is 93.9 cm³/mol. The summed E-state index contributed by atoms with van der Waals surface area (Å²) in [7, 11) is 0. The van der Waals surface area contributed by atoms with Gasteiger partial charge in [-0.1, -0.05) is 41.9 Å². The molecule has 4 heteroatoms. The second-order valence-corrected chi connectivity index (χ2v) is 6.65. The van der Waals surface area contributed by atoms with Crippen molar-refractivity contribution >= 4 is 22.5 Å². The van der Waals surface area contributed by atoms with E-state index in [2.05, 4.69) is 11.9 Å². The summed E-state index contributed by atoms with van der Waals surface area (Å²) in [6, 6.07) is 15.6. The van der Waals surface area contributed by atoms with Crippen molar-refractivity contribution in [3.05, 3.63) is 64.0 Å². The molecule has 1 aliphatic rings. The first-order chi connectivity index (χ1) is 11.1. The highest BCUT2D eigenvalue weighted by atomic mass is 35.5. The highest BCUT2D eigenvalue weighted by Crippen LogP contribution is 2.40. The number of benzene rings is 2. The highest BCUT2D eigenvalue weighted by Gasteiger charge is 2.31. The summed E-state index contributed by atoms with van der Waals surface area (Å²) in [6.07, 6.45) is 2.37. The van der Waals surface area contributed by atoms with Crippen molar-refractivity contribution in [2.24, 2.45) is 5.92 Å². The standard InChI is InChI=1S/C19H17ClN2O/c1-12(13-7-8-13)22-17-10-9-15(20)11-16(17)18(21-19(22)23)14-5-3-2-4-6-14/h2-6,9-13H,7-8H2,1H3. The summed E-state index contributed by atoms with van der Waals surface area (Å²) in [5, 5.41) is 1.58. The van der Waals surface area contributed by atoms with Crippen molar-refractivity contribution < 1.29 is 0 Å². The van der Waals surface area contributed by atoms with Gasteiger partial charge in [0.15, 0.2) is 0 Å². The monoisotopic (exact) mass is 324 g/mol. The van der Waals surface area contributed by atoms with Crippen LogP contribution in [0.5, 0.6) is 0 Å². The summed E-state index contributed by atoms with van der Waals surface area (Å²) in [5.41, 5.74) is 2.36. The molecule has 0 radical (unpaired) electrons. The van der Waals surface area contributed by atoms with Gasteiger partial charge in [-0.15, -0.1) is 0 Å². The SMILES string of the molecule is CC(C1CC1)n1c(=O)nc(-c2ccccc2)c2cc(Cl)ccc21. The average molecular weight is 325 g/mol. The first-order valence-electron chi connectivity index (χ1n) is 7.92. The summed E-state index contributed by atoms with van der Waals surface area (Å²) in [4.78, 5) is 17.1. The lowest BCUT2D eigenvalue weighted by Crippen LogP contribution is -2.27. The molecule has 1 aliphatic carbocycles. The van der Waals surface area contributed by atoms with Gasteiger partial charge in [-0.05, 0) is 43.9 Å². The average Bonchev–Trinajstić information content (AvgIpc) is 3.40. The molecule has 0 N–H and O–H groups in total. The Morgan fingerprint density at radius 3 is 2.61 bits per heavy atom. The fraction of sp³-hybridized carbons (Fsp3) is 0.263. The van der Waals surface area contributed by atoms with E-state index in [-0.39, 0.29) is 11.7 Å². The molecule has 0 spiro atoms. The molecular weight excluding hydrogens is 308 g/mol. The van der Waals surface area contributed by atoms with Crippen LogP contribution in [-0.4, -0.2) is 9.55 Å². The topological polar surface area (TPSA) is 34.9 Å². The van der Waals surface area contributed by atoms with Gasteiger partial charge in [-0.3, -0.25) is 4.57 Å². The van der Waals surface area contributed by atoms with Crippen LogP contribution in [0.25, 0.3) is 22.2 Å². The van der Waals surface area contributed by atoms with Gasteiger partial charge in [-0.25, -0.2) is 4.79 Å². The molecule has 0 amide bonds. The van der Waals surface area contributed by atoms with Crippen LogP contribution in [0.2, 0.25) is 5.02 Å². The number of fused-ring (bicyclic) bond motifs is 1. The van der Waals surface area contributed by atoms with Crippen LogP contribution in [0, 0.1) is 5.92 Å². The maximum absolute atomic E-state index is 12.7. The van der Waals surface area contributed by atoms with Crippen molar-refractivity contribution in [2.45, 2.75) is 25.8 Å². The minimum atomic E-state index is -0.182. The molecular formula is C19H17ClN2O. The van der Waals surface area contributed by atoms with Gasteiger partial charge in [0.25, 0.3) is 0 Å². The zero-order chi connectivity index (χ0) is 16.0. The van der Waals surface area contributed by atoms with E-state index in [9.17, 15) is 4.79 Å². The highest BCUT2D eigenvalue weighted by molar-refractivity contribution is 6.31. The molecule has 0 aliphatic heterocycles. The molecule has 1 heterocycles.